The molecule has 0 aromatic heterocycles. The molecule has 25 heavy (non-hydrogen) atoms. The normalized spacial score (nSPS) is 10.8. The van der Waals surface area contributed by atoms with E-state index >= 15 is 0 Å². The summed E-state index contributed by atoms with van der Waals surface area (Å²) in [5, 5.41) is 10.3. The van der Waals surface area contributed by atoms with Crippen LogP contribution in [0.2, 0.25) is 0 Å². The maximum atomic E-state index is 11.6. The third-order valence-corrected chi connectivity index (χ3v) is 4.14. The van der Waals surface area contributed by atoms with Crippen LogP contribution in [0.5, 0.6) is 11.5 Å². The fraction of sp³-hybridized carbons (Fsp3) is 0.600. The van der Waals surface area contributed by atoms with Crippen LogP contribution >= 0.6 is 0 Å². The van der Waals surface area contributed by atoms with Gasteiger partial charge in [-0.2, -0.15) is 0 Å². The van der Waals surface area contributed by atoms with E-state index in [0.29, 0.717) is 29.9 Å². The number of ether oxygens (including phenoxy) is 2. The van der Waals surface area contributed by atoms with Crippen molar-refractivity contribution in [3.8, 4) is 11.5 Å². The van der Waals surface area contributed by atoms with Gasteiger partial charge in [-0.15, -0.1) is 0 Å². The molecule has 0 unspecified atom stereocenters. The highest BCUT2D eigenvalue weighted by atomic mass is 16.5. The molecule has 0 amide bonds. The Morgan fingerprint density at radius 1 is 1.08 bits per heavy atom. The van der Waals surface area contributed by atoms with Gasteiger partial charge in [0, 0.05) is 12.0 Å². The lowest BCUT2D eigenvalue weighted by Crippen LogP contribution is -2.04. The molecule has 5 nitrogen and oxygen atoms in total. The zero-order chi connectivity index (χ0) is 18.8. The first-order valence-corrected chi connectivity index (χ1v) is 8.94. The zero-order valence-electron chi connectivity index (χ0n) is 15.8. The second-order valence-electron chi connectivity index (χ2n) is 6.53. The number of Topliss-reactive ketones (excluding diaryl/α,β-unsaturated/α-hetero) is 1. The van der Waals surface area contributed by atoms with Gasteiger partial charge in [0.15, 0.2) is 5.78 Å². The standard InChI is InChI=1S/C20H30O5/c1-14(2)19-17(12-11-16(15(3)21)20(19)23)25-13-9-7-5-6-8-10-18(22)24-4/h11-12,14,23H,5-10,13H2,1-4H3. The van der Waals surface area contributed by atoms with Crippen LogP contribution < -0.4 is 4.74 Å². The van der Waals surface area contributed by atoms with Crippen molar-refractivity contribution in [1.82, 2.24) is 0 Å². The van der Waals surface area contributed by atoms with Crippen molar-refractivity contribution in [3.05, 3.63) is 23.3 Å². The SMILES string of the molecule is COC(=O)CCCCCCCOc1ccc(C(C)=O)c(O)c1C(C)C. The van der Waals surface area contributed by atoms with E-state index in [1.54, 1.807) is 12.1 Å². The van der Waals surface area contributed by atoms with E-state index in [1.165, 1.54) is 14.0 Å². The van der Waals surface area contributed by atoms with Gasteiger partial charge < -0.3 is 14.6 Å². The summed E-state index contributed by atoms with van der Waals surface area (Å²) in [6, 6.07) is 3.38. The van der Waals surface area contributed by atoms with Crippen LogP contribution in [0.1, 0.15) is 81.1 Å². The molecule has 0 atom stereocenters. The van der Waals surface area contributed by atoms with Gasteiger partial charge in [0.1, 0.15) is 11.5 Å². The molecular formula is C20H30O5. The van der Waals surface area contributed by atoms with Gasteiger partial charge in [-0.25, -0.2) is 0 Å². The molecule has 0 spiro atoms. The Kier molecular flexibility index (Phi) is 9.03. The first-order valence-electron chi connectivity index (χ1n) is 8.94. The van der Waals surface area contributed by atoms with Crippen molar-refractivity contribution in [2.45, 2.75) is 65.2 Å². The van der Waals surface area contributed by atoms with Gasteiger partial charge in [0.2, 0.25) is 0 Å². The molecular weight excluding hydrogens is 320 g/mol. The molecule has 0 saturated heterocycles. The Hall–Kier alpha value is -2.04. The summed E-state index contributed by atoms with van der Waals surface area (Å²) < 4.78 is 10.4. The van der Waals surface area contributed by atoms with Gasteiger partial charge in [-0.1, -0.05) is 33.1 Å². The van der Waals surface area contributed by atoms with E-state index in [0.717, 1.165) is 32.1 Å². The number of carbonyl (C=O) groups is 2. The number of unbranched alkanes of at least 4 members (excludes halogenated alkanes) is 4. The minimum absolute atomic E-state index is 0.0304. The minimum Gasteiger partial charge on any atom is -0.507 e. The quantitative estimate of drug-likeness (QED) is 0.358. The molecule has 5 heteroatoms. The topological polar surface area (TPSA) is 72.8 Å². The number of hydrogen-bond donors (Lipinski definition) is 1. The second-order valence-corrected chi connectivity index (χ2v) is 6.53. The Bertz CT molecular complexity index is 578. The van der Waals surface area contributed by atoms with Gasteiger partial charge in [0.25, 0.3) is 0 Å². The smallest absolute Gasteiger partial charge is 0.305 e. The number of aromatic hydroxyl groups is 1. The summed E-state index contributed by atoms with van der Waals surface area (Å²) in [5.41, 5.74) is 1.02. The lowest BCUT2D eigenvalue weighted by molar-refractivity contribution is -0.140. The van der Waals surface area contributed by atoms with Crippen molar-refractivity contribution in [2.24, 2.45) is 0 Å². The average Bonchev–Trinajstić information content (AvgIpc) is 2.56. The van der Waals surface area contributed by atoms with Crippen LogP contribution in [0, 0.1) is 0 Å². The minimum atomic E-state index is -0.155. The third kappa shape index (κ3) is 6.77. The maximum absolute atomic E-state index is 11.6. The monoisotopic (exact) mass is 350 g/mol. The Labute approximate surface area is 150 Å². The summed E-state index contributed by atoms with van der Waals surface area (Å²) in [7, 11) is 1.41. The van der Waals surface area contributed by atoms with E-state index < -0.39 is 0 Å². The zero-order valence-corrected chi connectivity index (χ0v) is 15.8. The predicted octanol–water partition coefficient (Wildman–Crippen LogP) is 4.61. The number of carbonyl (C=O) groups excluding carboxylic acids is 2. The van der Waals surface area contributed by atoms with Crippen molar-refractivity contribution >= 4 is 11.8 Å². The van der Waals surface area contributed by atoms with E-state index in [-0.39, 0.29) is 23.4 Å². The number of phenols is 1. The molecule has 0 saturated carbocycles. The van der Waals surface area contributed by atoms with Crippen LogP contribution in [0.15, 0.2) is 12.1 Å². The molecule has 0 radical (unpaired) electrons. The molecule has 1 rings (SSSR count). The number of phenolic OH excluding ortho intramolecular Hbond substituents is 1. The van der Waals surface area contributed by atoms with Crippen molar-refractivity contribution in [2.75, 3.05) is 13.7 Å². The summed E-state index contributed by atoms with van der Waals surface area (Å²) in [4.78, 5) is 22.6. The summed E-state index contributed by atoms with van der Waals surface area (Å²) in [5.74, 6) is 0.426. The first-order chi connectivity index (χ1) is 11.9. The highest BCUT2D eigenvalue weighted by Gasteiger charge is 2.18. The number of rotatable bonds is 11. The van der Waals surface area contributed by atoms with Gasteiger partial charge in [-0.05, 0) is 37.8 Å². The van der Waals surface area contributed by atoms with Crippen molar-refractivity contribution < 1.29 is 24.2 Å². The molecule has 0 fully saturated rings. The number of esters is 1. The fourth-order valence-corrected chi connectivity index (χ4v) is 2.74. The Morgan fingerprint density at radius 3 is 2.32 bits per heavy atom. The van der Waals surface area contributed by atoms with Gasteiger partial charge >= 0.3 is 5.97 Å². The van der Waals surface area contributed by atoms with E-state index in [2.05, 4.69) is 4.74 Å². The van der Waals surface area contributed by atoms with Gasteiger partial charge in [-0.3, -0.25) is 9.59 Å². The van der Waals surface area contributed by atoms with Crippen molar-refractivity contribution in [3.63, 3.8) is 0 Å². The molecule has 0 aliphatic carbocycles. The molecule has 0 aliphatic heterocycles. The average molecular weight is 350 g/mol. The highest BCUT2D eigenvalue weighted by molar-refractivity contribution is 5.97. The lowest BCUT2D eigenvalue weighted by Gasteiger charge is -2.17. The lowest BCUT2D eigenvalue weighted by atomic mass is 9.96. The number of ketones is 1. The Balaban J connectivity index is 2.43. The molecule has 0 heterocycles. The summed E-state index contributed by atoms with van der Waals surface area (Å²) >= 11 is 0. The highest BCUT2D eigenvalue weighted by Crippen LogP contribution is 2.37. The summed E-state index contributed by atoms with van der Waals surface area (Å²) in [6.07, 6.45) is 5.31. The number of methoxy groups -OCH3 is 1. The Morgan fingerprint density at radius 2 is 1.72 bits per heavy atom. The van der Waals surface area contributed by atoms with Crippen molar-refractivity contribution in [1.29, 1.82) is 0 Å². The van der Waals surface area contributed by atoms with Crippen LogP contribution in [-0.2, 0) is 9.53 Å². The first kappa shape index (κ1) is 21.0. The van der Waals surface area contributed by atoms with E-state index in [1.807, 2.05) is 13.8 Å². The second kappa shape index (κ2) is 10.7. The molecule has 1 aromatic rings. The molecule has 0 aliphatic rings. The van der Waals surface area contributed by atoms with Crippen LogP contribution in [-0.4, -0.2) is 30.6 Å². The molecule has 1 aromatic carbocycles. The summed E-state index contributed by atoms with van der Waals surface area (Å²) in [6.45, 7) is 5.94. The van der Waals surface area contributed by atoms with E-state index in [9.17, 15) is 14.7 Å². The predicted molar refractivity (Wildman–Crippen MR) is 97.4 cm³/mol. The third-order valence-electron chi connectivity index (χ3n) is 4.14. The molecule has 0 bridgehead atoms. The molecule has 140 valence electrons. The number of hydrogen-bond acceptors (Lipinski definition) is 5. The van der Waals surface area contributed by atoms with Crippen LogP contribution in [0.3, 0.4) is 0 Å². The maximum Gasteiger partial charge on any atom is 0.305 e. The van der Waals surface area contributed by atoms with Crippen LogP contribution in [0.4, 0.5) is 0 Å². The van der Waals surface area contributed by atoms with E-state index in [4.69, 9.17) is 4.74 Å². The molecule has 1 N–H and O–H groups in total. The van der Waals surface area contributed by atoms with Gasteiger partial charge in [0.05, 0.1) is 19.3 Å². The van der Waals surface area contributed by atoms with Crippen LogP contribution in [0.25, 0.3) is 0 Å². The fourth-order valence-electron chi connectivity index (χ4n) is 2.74. The number of benzene rings is 1. The largest absolute Gasteiger partial charge is 0.507 e.